The molecule has 0 saturated heterocycles. The molecule has 3 aromatic rings. The minimum Gasteiger partial charge on any atom is -0.352 e. The number of hydrogen-bond acceptors (Lipinski definition) is 0. The van der Waals surface area contributed by atoms with Gasteiger partial charge in [0, 0.05) is 5.39 Å². The minimum atomic E-state index is -4.61. The monoisotopic (exact) mass is 351 g/mol. The Hall–Kier alpha value is -2.37. The molecule has 1 saturated carbocycles. The van der Waals surface area contributed by atoms with Crippen molar-refractivity contribution in [1.29, 1.82) is 0 Å². The summed E-state index contributed by atoms with van der Waals surface area (Å²) < 4.78 is 66.8. The fourth-order valence-corrected chi connectivity index (χ4v) is 3.40. The van der Waals surface area contributed by atoms with Crippen molar-refractivity contribution in [2.45, 2.75) is 31.4 Å². The topological polar surface area (TPSA) is 15.8 Å². The summed E-state index contributed by atoms with van der Waals surface area (Å²) in [5.74, 6) is -1.26. The highest BCUT2D eigenvalue weighted by Gasteiger charge is 2.34. The van der Waals surface area contributed by atoms with Gasteiger partial charge in [0.15, 0.2) is 0 Å². The van der Waals surface area contributed by atoms with Gasteiger partial charge in [-0.2, -0.15) is 13.2 Å². The predicted molar refractivity (Wildman–Crippen MR) is 85.2 cm³/mol. The second-order valence-electron chi connectivity index (χ2n) is 6.43. The van der Waals surface area contributed by atoms with Crippen LogP contribution in [0, 0.1) is 11.6 Å². The van der Waals surface area contributed by atoms with Crippen molar-refractivity contribution in [2.75, 3.05) is 0 Å². The van der Waals surface area contributed by atoms with Crippen LogP contribution in [0.1, 0.15) is 36.3 Å². The maximum Gasteiger partial charge on any atom is 0.416 e. The second kappa shape index (κ2) is 5.58. The van der Waals surface area contributed by atoms with E-state index >= 15 is 0 Å². The summed E-state index contributed by atoms with van der Waals surface area (Å²) in [4.78, 5) is 2.93. The first-order valence-corrected chi connectivity index (χ1v) is 8.03. The van der Waals surface area contributed by atoms with Crippen LogP contribution in [0.2, 0.25) is 0 Å². The van der Waals surface area contributed by atoms with Crippen LogP contribution in [0.15, 0.2) is 36.4 Å². The second-order valence-corrected chi connectivity index (χ2v) is 6.43. The summed E-state index contributed by atoms with van der Waals surface area (Å²) in [7, 11) is 0. The first-order valence-electron chi connectivity index (χ1n) is 8.03. The number of benzene rings is 2. The van der Waals surface area contributed by atoms with Gasteiger partial charge in [-0.1, -0.05) is 6.42 Å². The highest BCUT2D eigenvalue weighted by molar-refractivity contribution is 5.92. The molecule has 0 spiro atoms. The van der Waals surface area contributed by atoms with Gasteiger partial charge >= 0.3 is 6.18 Å². The van der Waals surface area contributed by atoms with Crippen molar-refractivity contribution in [1.82, 2.24) is 4.98 Å². The molecule has 2 aromatic carbocycles. The van der Waals surface area contributed by atoms with E-state index in [1.54, 1.807) is 12.1 Å². The lowest BCUT2D eigenvalue weighted by atomic mass is 9.78. The number of halogens is 5. The molecule has 1 N–H and O–H groups in total. The van der Waals surface area contributed by atoms with Crippen molar-refractivity contribution in [3.63, 3.8) is 0 Å². The Bertz CT molecular complexity index is 933. The first-order chi connectivity index (χ1) is 11.8. The summed E-state index contributed by atoms with van der Waals surface area (Å²) in [6, 6.07) is 7.18. The van der Waals surface area contributed by atoms with Gasteiger partial charge in [-0.05, 0) is 66.3 Å². The Morgan fingerprint density at radius 1 is 0.960 bits per heavy atom. The molecule has 1 fully saturated rings. The van der Waals surface area contributed by atoms with Crippen molar-refractivity contribution >= 4 is 10.9 Å². The van der Waals surface area contributed by atoms with E-state index < -0.39 is 23.4 Å². The zero-order chi connectivity index (χ0) is 17.8. The molecular weight excluding hydrogens is 337 g/mol. The molecule has 1 nitrogen and oxygen atoms in total. The van der Waals surface area contributed by atoms with Crippen LogP contribution < -0.4 is 0 Å². The maximum absolute atomic E-state index is 14.3. The quantitative estimate of drug-likeness (QED) is 0.514. The van der Waals surface area contributed by atoms with Crippen LogP contribution in [-0.2, 0) is 6.18 Å². The van der Waals surface area contributed by atoms with Crippen molar-refractivity contribution in [3.05, 3.63) is 59.2 Å². The number of H-pyrrole nitrogens is 1. The number of aromatic nitrogens is 1. The van der Waals surface area contributed by atoms with Crippen LogP contribution in [0.3, 0.4) is 0 Å². The van der Waals surface area contributed by atoms with E-state index in [-0.39, 0.29) is 16.8 Å². The van der Waals surface area contributed by atoms with Gasteiger partial charge in [0.2, 0.25) is 0 Å². The number of alkyl halides is 3. The van der Waals surface area contributed by atoms with E-state index in [1.165, 1.54) is 12.1 Å². The number of rotatable bonds is 2. The predicted octanol–water partition coefficient (Wildman–Crippen LogP) is 6.40. The SMILES string of the molecule is Fc1ccc(-c2[nH]c3c(F)cc(C(F)(F)F)cc3c2C2CCC2)cc1. The largest absolute Gasteiger partial charge is 0.416 e. The van der Waals surface area contributed by atoms with E-state index in [1.807, 2.05) is 0 Å². The molecule has 0 unspecified atom stereocenters. The van der Waals surface area contributed by atoms with E-state index in [0.29, 0.717) is 22.9 Å². The minimum absolute atomic E-state index is 0.0641. The molecule has 1 aliphatic rings. The van der Waals surface area contributed by atoms with E-state index in [9.17, 15) is 22.0 Å². The Morgan fingerprint density at radius 2 is 1.64 bits per heavy atom. The average Bonchev–Trinajstić information content (AvgIpc) is 2.86. The molecular formula is C19H14F5N. The van der Waals surface area contributed by atoms with E-state index in [0.717, 1.165) is 25.3 Å². The molecule has 0 amide bonds. The van der Waals surface area contributed by atoms with Crippen LogP contribution >= 0.6 is 0 Å². The smallest absolute Gasteiger partial charge is 0.352 e. The Balaban J connectivity index is 1.99. The van der Waals surface area contributed by atoms with Crippen molar-refractivity contribution in [2.24, 2.45) is 0 Å². The van der Waals surface area contributed by atoms with Crippen molar-refractivity contribution in [3.8, 4) is 11.3 Å². The standard InChI is InChI=1S/C19H14F5N/c20-13-6-4-11(5-7-13)17-16(10-2-1-3-10)14-8-12(19(22,23)24)9-15(21)18(14)25-17/h4-10,25H,1-3H2. The number of nitrogens with one attached hydrogen (secondary N) is 1. The van der Waals surface area contributed by atoms with Crippen LogP contribution in [0.4, 0.5) is 22.0 Å². The van der Waals surface area contributed by atoms with Crippen molar-refractivity contribution < 1.29 is 22.0 Å². The molecule has 4 rings (SSSR count). The van der Waals surface area contributed by atoms with Crippen LogP contribution in [0.25, 0.3) is 22.2 Å². The zero-order valence-electron chi connectivity index (χ0n) is 13.1. The number of fused-ring (bicyclic) bond motifs is 1. The Labute approximate surface area is 140 Å². The lowest BCUT2D eigenvalue weighted by Gasteiger charge is -2.26. The van der Waals surface area contributed by atoms with E-state index in [4.69, 9.17) is 0 Å². The van der Waals surface area contributed by atoms with Crippen LogP contribution in [-0.4, -0.2) is 4.98 Å². The van der Waals surface area contributed by atoms with Gasteiger partial charge in [-0.25, -0.2) is 8.78 Å². The first kappa shape index (κ1) is 16.1. The zero-order valence-corrected chi connectivity index (χ0v) is 13.1. The molecule has 0 bridgehead atoms. The lowest BCUT2D eigenvalue weighted by molar-refractivity contribution is -0.137. The summed E-state index contributed by atoms with van der Waals surface area (Å²) in [6.07, 6.45) is -1.93. The van der Waals surface area contributed by atoms with Gasteiger partial charge in [-0.3, -0.25) is 0 Å². The molecule has 0 atom stereocenters. The molecule has 1 heterocycles. The third kappa shape index (κ3) is 2.69. The summed E-state index contributed by atoms with van der Waals surface area (Å²) in [5, 5.41) is 0.261. The fraction of sp³-hybridized carbons (Fsp3) is 0.263. The van der Waals surface area contributed by atoms with Gasteiger partial charge in [0.05, 0.1) is 16.8 Å². The third-order valence-electron chi connectivity index (χ3n) is 4.87. The van der Waals surface area contributed by atoms with E-state index in [2.05, 4.69) is 4.98 Å². The average molecular weight is 351 g/mol. The summed E-state index contributed by atoms with van der Waals surface area (Å²) in [5.41, 5.74) is 0.959. The van der Waals surface area contributed by atoms with Gasteiger partial charge in [-0.15, -0.1) is 0 Å². The van der Waals surface area contributed by atoms with Gasteiger partial charge in [0.1, 0.15) is 11.6 Å². The Kier molecular flexibility index (Phi) is 3.60. The van der Waals surface area contributed by atoms with Crippen LogP contribution in [0.5, 0.6) is 0 Å². The lowest BCUT2D eigenvalue weighted by Crippen LogP contribution is -2.10. The third-order valence-corrected chi connectivity index (χ3v) is 4.87. The molecule has 1 aliphatic carbocycles. The molecule has 0 radical (unpaired) electrons. The maximum atomic E-state index is 14.3. The molecule has 1 aromatic heterocycles. The highest BCUT2D eigenvalue weighted by Crippen LogP contribution is 2.46. The summed E-state index contributed by atoms with van der Waals surface area (Å²) >= 11 is 0. The summed E-state index contributed by atoms with van der Waals surface area (Å²) in [6.45, 7) is 0. The van der Waals surface area contributed by atoms with Gasteiger partial charge < -0.3 is 4.98 Å². The number of aromatic amines is 1. The molecule has 6 heteroatoms. The fourth-order valence-electron chi connectivity index (χ4n) is 3.40. The highest BCUT2D eigenvalue weighted by atomic mass is 19.4. The molecule has 25 heavy (non-hydrogen) atoms. The normalized spacial score (nSPS) is 15.6. The number of hydrogen-bond donors (Lipinski definition) is 1. The molecule has 0 aliphatic heterocycles. The van der Waals surface area contributed by atoms with Gasteiger partial charge in [0.25, 0.3) is 0 Å². The Morgan fingerprint density at radius 3 is 2.20 bits per heavy atom. The molecule has 130 valence electrons.